The van der Waals surface area contributed by atoms with E-state index in [-0.39, 0.29) is 0 Å². The van der Waals surface area contributed by atoms with Gasteiger partial charge in [-0.3, -0.25) is 4.90 Å². The fourth-order valence-corrected chi connectivity index (χ4v) is 1.53. The van der Waals surface area contributed by atoms with Crippen molar-refractivity contribution in [1.29, 1.82) is 0 Å². The van der Waals surface area contributed by atoms with Gasteiger partial charge in [0.1, 0.15) is 0 Å². The van der Waals surface area contributed by atoms with E-state index >= 15 is 0 Å². The summed E-state index contributed by atoms with van der Waals surface area (Å²) < 4.78 is 0. The Morgan fingerprint density at radius 1 is 1.15 bits per heavy atom. The van der Waals surface area contributed by atoms with Gasteiger partial charge in [0.15, 0.2) is 0 Å². The molecular formula is C12H27N. The van der Waals surface area contributed by atoms with Crippen LogP contribution in [0.5, 0.6) is 0 Å². The molecule has 0 aliphatic heterocycles. The zero-order valence-electron chi connectivity index (χ0n) is 10.4. The summed E-state index contributed by atoms with van der Waals surface area (Å²) in [5.41, 5.74) is 0.379. The van der Waals surface area contributed by atoms with Crippen LogP contribution in [0.2, 0.25) is 0 Å². The van der Waals surface area contributed by atoms with Crippen molar-refractivity contribution in [2.45, 2.75) is 59.9 Å². The zero-order chi connectivity index (χ0) is 10.5. The molecular weight excluding hydrogens is 158 g/mol. The van der Waals surface area contributed by atoms with Gasteiger partial charge in [-0.1, -0.05) is 27.7 Å². The van der Waals surface area contributed by atoms with E-state index in [9.17, 15) is 0 Å². The van der Waals surface area contributed by atoms with Gasteiger partial charge in [0.05, 0.1) is 0 Å². The largest absolute Gasteiger partial charge is 0.298 e. The van der Waals surface area contributed by atoms with Crippen molar-refractivity contribution in [2.75, 3.05) is 13.1 Å². The summed E-state index contributed by atoms with van der Waals surface area (Å²) in [7, 11) is 0. The Balaban J connectivity index is 4.02. The summed E-state index contributed by atoms with van der Waals surface area (Å²) in [5, 5.41) is 0. The van der Waals surface area contributed by atoms with Crippen LogP contribution in [-0.4, -0.2) is 23.5 Å². The van der Waals surface area contributed by atoms with Crippen LogP contribution in [0.1, 0.15) is 54.4 Å². The highest BCUT2D eigenvalue weighted by Crippen LogP contribution is 2.19. The number of hydrogen-bond donors (Lipinski definition) is 0. The van der Waals surface area contributed by atoms with Crippen molar-refractivity contribution in [3.63, 3.8) is 0 Å². The van der Waals surface area contributed by atoms with Crippen LogP contribution in [-0.2, 0) is 0 Å². The molecule has 0 aromatic carbocycles. The topological polar surface area (TPSA) is 3.24 Å². The van der Waals surface area contributed by atoms with Gasteiger partial charge in [0, 0.05) is 5.54 Å². The minimum atomic E-state index is 0.379. The van der Waals surface area contributed by atoms with Gasteiger partial charge in [-0.2, -0.15) is 0 Å². The lowest BCUT2D eigenvalue weighted by molar-refractivity contribution is 0.116. The van der Waals surface area contributed by atoms with Crippen molar-refractivity contribution in [3.05, 3.63) is 0 Å². The molecule has 0 saturated heterocycles. The minimum absolute atomic E-state index is 0.379. The Hall–Kier alpha value is -0.0400. The highest BCUT2D eigenvalue weighted by atomic mass is 15.2. The quantitative estimate of drug-likeness (QED) is 0.612. The molecule has 0 amide bonds. The molecule has 0 aliphatic carbocycles. The SMILES string of the molecule is CCN(CCC(C)C)C(C)(C)CC. The second-order valence-electron chi connectivity index (χ2n) is 4.93. The molecule has 0 atom stereocenters. The summed E-state index contributed by atoms with van der Waals surface area (Å²) in [4.78, 5) is 2.59. The van der Waals surface area contributed by atoms with Gasteiger partial charge in [-0.05, 0) is 45.7 Å². The molecule has 1 nitrogen and oxygen atoms in total. The molecule has 0 aliphatic rings. The van der Waals surface area contributed by atoms with E-state index in [1.54, 1.807) is 0 Å². The van der Waals surface area contributed by atoms with Gasteiger partial charge in [-0.15, -0.1) is 0 Å². The Morgan fingerprint density at radius 2 is 1.69 bits per heavy atom. The first-order valence-electron chi connectivity index (χ1n) is 5.69. The predicted octanol–water partition coefficient (Wildman–Crippen LogP) is 3.54. The molecule has 0 heterocycles. The van der Waals surface area contributed by atoms with Crippen LogP contribution < -0.4 is 0 Å². The maximum atomic E-state index is 2.59. The Labute approximate surface area is 84.5 Å². The number of rotatable bonds is 6. The molecule has 0 unspecified atom stereocenters. The fraction of sp³-hybridized carbons (Fsp3) is 1.00. The molecule has 0 radical (unpaired) electrons. The average molecular weight is 185 g/mol. The molecule has 0 aromatic heterocycles. The first-order valence-corrected chi connectivity index (χ1v) is 5.69. The Bertz CT molecular complexity index is 127. The van der Waals surface area contributed by atoms with Crippen molar-refractivity contribution < 1.29 is 0 Å². The van der Waals surface area contributed by atoms with Crippen molar-refractivity contribution in [2.24, 2.45) is 5.92 Å². The molecule has 13 heavy (non-hydrogen) atoms. The predicted molar refractivity (Wildman–Crippen MR) is 61.1 cm³/mol. The summed E-state index contributed by atoms with van der Waals surface area (Å²) >= 11 is 0. The molecule has 0 fully saturated rings. The maximum Gasteiger partial charge on any atom is 0.0150 e. The molecule has 0 rings (SSSR count). The third-order valence-electron chi connectivity index (χ3n) is 3.08. The van der Waals surface area contributed by atoms with E-state index in [2.05, 4.69) is 46.4 Å². The van der Waals surface area contributed by atoms with E-state index in [1.807, 2.05) is 0 Å². The van der Waals surface area contributed by atoms with Gasteiger partial charge in [0.25, 0.3) is 0 Å². The highest BCUT2D eigenvalue weighted by Gasteiger charge is 2.22. The Morgan fingerprint density at radius 3 is 2.00 bits per heavy atom. The molecule has 0 aromatic rings. The first kappa shape index (κ1) is 13.0. The molecule has 0 saturated carbocycles. The molecule has 0 bridgehead atoms. The van der Waals surface area contributed by atoms with Gasteiger partial charge in [0.2, 0.25) is 0 Å². The van der Waals surface area contributed by atoms with Crippen LogP contribution in [0.3, 0.4) is 0 Å². The van der Waals surface area contributed by atoms with Crippen LogP contribution in [0, 0.1) is 5.92 Å². The summed E-state index contributed by atoms with van der Waals surface area (Å²) in [6.07, 6.45) is 2.55. The molecule has 0 N–H and O–H groups in total. The monoisotopic (exact) mass is 185 g/mol. The van der Waals surface area contributed by atoms with Gasteiger partial charge >= 0.3 is 0 Å². The smallest absolute Gasteiger partial charge is 0.0150 e. The van der Waals surface area contributed by atoms with Crippen LogP contribution in [0.4, 0.5) is 0 Å². The maximum absolute atomic E-state index is 2.59. The van der Waals surface area contributed by atoms with Crippen molar-refractivity contribution in [3.8, 4) is 0 Å². The van der Waals surface area contributed by atoms with E-state index < -0.39 is 0 Å². The van der Waals surface area contributed by atoms with Crippen LogP contribution in [0.15, 0.2) is 0 Å². The third-order valence-corrected chi connectivity index (χ3v) is 3.08. The van der Waals surface area contributed by atoms with Crippen molar-refractivity contribution >= 4 is 0 Å². The summed E-state index contributed by atoms with van der Waals surface area (Å²) in [6, 6.07) is 0. The van der Waals surface area contributed by atoms with Crippen molar-refractivity contribution in [1.82, 2.24) is 4.90 Å². The van der Waals surface area contributed by atoms with E-state index in [0.717, 1.165) is 5.92 Å². The Kier molecular flexibility index (Phi) is 5.62. The second kappa shape index (κ2) is 5.64. The fourth-order valence-electron chi connectivity index (χ4n) is 1.53. The average Bonchev–Trinajstić information content (AvgIpc) is 2.04. The standard InChI is InChI=1S/C12H27N/c1-7-12(5,6)13(8-2)10-9-11(3)4/h11H,7-10H2,1-6H3. The van der Waals surface area contributed by atoms with Gasteiger partial charge < -0.3 is 0 Å². The molecule has 80 valence electrons. The zero-order valence-corrected chi connectivity index (χ0v) is 10.4. The van der Waals surface area contributed by atoms with Crippen LogP contribution in [0.25, 0.3) is 0 Å². The highest BCUT2D eigenvalue weighted by molar-refractivity contribution is 4.79. The molecule has 0 spiro atoms. The lowest BCUT2D eigenvalue weighted by Crippen LogP contribution is -2.44. The normalized spacial score (nSPS) is 12.9. The third kappa shape index (κ3) is 4.66. The second-order valence-corrected chi connectivity index (χ2v) is 4.93. The molecule has 1 heteroatoms. The number of nitrogens with zero attached hydrogens (tertiary/aromatic N) is 1. The van der Waals surface area contributed by atoms with Gasteiger partial charge in [-0.25, -0.2) is 0 Å². The minimum Gasteiger partial charge on any atom is -0.298 e. The van der Waals surface area contributed by atoms with Crippen LogP contribution >= 0.6 is 0 Å². The lowest BCUT2D eigenvalue weighted by atomic mass is 9.98. The summed E-state index contributed by atoms with van der Waals surface area (Å²) in [5.74, 6) is 0.821. The van der Waals surface area contributed by atoms with E-state index in [4.69, 9.17) is 0 Å². The number of hydrogen-bond acceptors (Lipinski definition) is 1. The first-order chi connectivity index (χ1) is 5.94. The lowest BCUT2D eigenvalue weighted by Gasteiger charge is -2.37. The van der Waals surface area contributed by atoms with E-state index in [0.29, 0.717) is 5.54 Å². The summed E-state index contributed by atoms with van der Waals surface area (Å²) in [6.45, 7) is 16.2. The van der Waals surface area contributed by atoms with E-state index in [1.165, 1.54) is 25.9 Å².